The number of esters is 1. The molecule has 0 fully saturated rings. The van der Waals surface area contributed by atoms with E-state index in [1.54, 1.807) is 19.1 Å². The fourth-order valence-corrected chi connectivity index (χ4v) is 3.71. The van der Waals surface area contributed by atoms with Crippen molar-refractivity contribution in [1.29, 1.82) is 0 Å². The van der Waals surface area contributed by atoms with Crippen molar-refractivity contribution in [2.45, 2.75) is 36.0 Å². The van der Waals surface area contributed by atoms with Gasteiger partial charge in [0.05, 0.1) is 4.90 Å². The molecule has 9 heteroatoms. The number of hydrogen-bond donors (Lipinski definition) is 2. The van der Waals surface area contributed by atoms with E-state index < -0.39 is 32.5 Å². The van der Waals surface area contributed by atoms with Crippen molar-refractivity contribution in [3.8, 4) is 0 Å². The third-order valence-electron chi connectivity index (χ3n) is 3.48. The molecular weight excluding hydrogens is 356 g/mol. The lowest BCUT2D eigenvalue weighted by atomic mass is 10.1. The van der Waals surface area contributed by atoms with Gasteiger partial charge in [-0.1, -0.05) is 17.7 Å². The fourth-order valence-electron chi connectivity index (χ4n) is 2.05. The minimum Gasteiger partial charge on any atom is -0.454 e. The number of rotatable bonds is 9. The van der Waals surface area contributed by atoms with Crippen molar-refractivity contribution in [2.24, 2.45) is 11.5 Å². The van der Waals surface area contributed by atoms with E-state index in [4.69, 9.17) is 23.1 Å². The van der Waals surface area contributed by atoms with Gasteiger partial charge in [0.25, 0.3) is 5.24 Å². The molecular formula is C15H21ClN2O5S. The Bertz CT molecular complexity index is 690. The SMILES string of the molecule is Cc1ccc(S(=O)(=O)C(N)(CCCCN)C(=O)OCC(=O)Cl)cc1. The van der Waals surface area contributed by atoms with E-state index in [1.807, 2.05) is 0 Å². The van der Waals surface area contributed by atoms with Crippen LogP contribution in [0.1, 0.15) is 24.8 Å². The van der Waals surface area contributed by atoms with Gasteiger partial charge in [0.15, 0.2) is 6.61 Å². The van der Waals surface area contributed by atoms with Gasteiger partial charge in [-0.25, -0.2) is 13.2 Å². The zero-order valence-electron chi connectivity index (χ0n) is 13.3. The van der Waals surface area contributed by atoms with Crippen LogP contribution >= 0.6 is 11.6 Å². The molecule has 0 aliphatic heterocycles. The van der Waals surface area contributed by atoms with Crippen molar-refractivity contribution >= 4 is 32.6 Å². The lowest BCUT2D eigenvalue weighted by Gasteiger charge is -2.27. The Morgan fingerprint density at radius 3 is 2.29 bits per heavy atom. The average molecular weight is 377 g/mol. The lowest BCUT2D eigenvalue weighted by molar-refractivity contribution is -0.149. The van der Waals surface area contributed by atoms with Crippen LogP contribution in [0.2, 0.25) is 0 Å². The molecule has 1 aromatic carbocycles. The lowest BCUT2D eigenvalue weighted by Crippen LogP contribution is -2.55. The summed E-state index contributed by atoms with van der Waals surface area (Å²) in [6.07, 6.45) is 0.613. The van der Waals surface area contributed by atoms with Gasteiger partial charge < -0.3 is 16.2 Å². The van der Waals surface area contributed by atoms with Gasteiger partial charge in [0.1, 0.15) is 0 Å². The number of carbonyl (C=O) groups is 2. The van der Waals surface area contributed by atoms with Gasteiger partial charge in [-0.05, 0) is 56.5 Å². The highest BCUT2D eigenvalue weighted by Gasteiger charge is 2.49. The normalized spacial score (nSPS) is 14.0. The first-order valence-corrected chi connectivity index (χ1v) is 9.17. The highest BCUT2D eigenvalue weighted by molar-refractivity contribution is 7.93. The van der Waals surface area contributed by atoms with Gasteiger partial charge in [-0.2, -0.15) is 0 Å². The first-order chi connectivity index (χ1) is 11.1. The van der Waals surface area contributed by atoms with E-state index in [0.29, 0.717) is 19.4 Å². The molecule has 0 spiro atoms. The van der Waals surface area contributed by atoms with Crippen molar-refractivity contribution in [3.05, 3.63) is 29.8 Å². The van der Waals surface area contributed by atoms with E-state index in [1.165, 1.54) is 12.1 Å². The van der Waals surface area contributed by atoms with Crippen molar-refractivity contribution in [1.82, 2.24) is 0 Å². The van der Waals surface area contributed by atoms with E-state index in [-0.39, 0.29) is 11.3 Å². The predicted molar refractivity (Wildman–Crippen MR) is 90.0 cm³/mol. The Balaban J connectivity index is 3.21. The summed E-state index contributed by atoms with van der Waals surface area (Å²) in [6.45, 7) is 1.38. The number of carbonyl (C=O) groups excluding carboxylic acids is 2. The third-order valence-corrected chi connectivity index (χ3v) is 5.81. The van der Waals surface area contributed by atoms with Crippen LogP contribution in [-0.2, 0) is 24.2 Å². The summed E-state index contributed by atoms with van der Waals surface area (Å²) in [7, 11) is -4.24. The summed E-state index contributed by atoms with van der Waals surface area (Å²) < 4.78 is 30.4. The summed E-state index contributed by atoms with van der Waals surface area (Å²) in [4.78, 5) is 20.6. The Labute approximate surface area is 146 Å². The Morgan fingerprint density at radius 2 is 1.79 bits per heavy atom. The molecule has 134 valence electrons. The van der Waals surface area contributed by atoms with Crippen molar-refractivity contribution in [2.75, 3.05) is 13.2 Å². The van der Waals surface area contributed by atoms with Gasteiger partial charge in [-0.15, -0.1) is 0 Å². The third kappa shape index (κ3) is 4.76. The van der Waals surface area contributed by atoms with Gasteiger partial charge in [0.2, 0.25) is 14.7 Å². The van der Waals surface area contributed by atoms with Crippen LogP contribution in [0, 0.1) is 6.92 Å². The molecule has 0 aromatic heterocycles. The number of unbranched alkanes of at least 4 members (excludes halogenated alkanes) is 1. The maximum absolute atomic E-state index is 12.9. The number of ether oxygens (including phenoxy) is 1. The summed E-state index contributed by atoms with van der Waals surface area (Å²) >= 11 is 5.12. The summed E-state index contributed by atoms with van der Waals surface area (Å²) in [5.41, 5.74) is 12.2. The average Bonchev–Trinajstić information content (AvgIpc) is 2.52. The van der Waals surface area contributed by atoms with Crippen LogP contribution in [0.4, 0.5) is 0 Å². The number of sulfone groups is 1. The monoisotopic (exact) mass is 376 g/mol. The maximum Gasteiger partial charge on any atom is 0.342 e. The molecule has 0 heterocycles. The fraction of sp³-hybridized carbons (Fsp3) is 0.467. The van der Waals surface area contributed by atoms with Gasteiger partial charge in [0, 0.05) is 0 Å². The molecule has 1 aromatic rings. The molecule has 1 atom stereocenters. The molecule has 0 amide bonds. The van der Waals surface area contributed by atoms with Gasteiger partial charge in [-0.3, -0.25) is 4.79 Å². The first kappa shape index (κ1) is 20.6. The molecule has 0 radical (unpaired) electrons. The first-order valence-electron chi connectivity index (χ1n) is 7.31. The molecule has 1 rings (SSSR count). The van der Waals surface area contributed by atoms with Crippen LogP contribution in [0.25, 0.3) is 0 Å². The van der Waals surface area contributed by atoms with Gasteiger partial charge >= 0.3 is 5.97 Å². The van der Waals surface area contributed by atoms with Crippen molar-refractivity contribution < 1.29 is 22.7 Å². The minimum atomic E-state index is -4.24. The topological polar surface area (TPSA) is 130 Å². The number of nitrogens with two attached hydrogens (primary N) is 2. The molecule has 0 aliphatic carbocycles. The molecule has 4 N–H and O–H groups in total. The second-order valence-corrected chi connectivity index (χ2v) is 8.01. The molecule has 1 unspecified atom stereocenters. The number of halogens is 1. The Morgan fingerprint density at radius 1 is 1.21 bits per heavy atom. The molecule has 0 saturated carbocycles. The summed E-state index contributed by atoms with van der Waals surface area (Å²) in [6, 6.07) is 5.94. The molecule has 0 aliphatic rings. The minimum absolute atomic E-state index is 0.0995. The number of aryl methyl sites for hydroxylation is 1. The summed E-state index contributed by atoms with van der Waals surface area (Å²) in [5.74, 6) is -1.21. The van der Waals surface area contributed by atoms with Crippen LogP contribution in [-0.4, -0.2) is 37.7 Å². The van der Waals surface area contributed by atoms with Crippen molar-refractivity contribution in [3.63, 3.8) is 0 Å². The summed E-state index contributed by atoms with van der Waals surface area (Å²) in [5, 5.41) is -0.930. The zero-order valence-corrected chi connectivity index (χ0v) is 14.9. The molecule has 0 saturated heterocycles. The van der Waals surface area contributed by atoms with Crippen LogP contribution in [0.5, 0.6) is 0 Å². The Kier molecular flexibility index (Phi) is 7.34. The quantitative estimate of drug-likeness (QED) is 0.371. The smallest absolute Gasteiger partial charge is 0.342 e. The van der Waals surface area contributed by atoms with E-state index in [2.05, 4.69) is 4.74 Å². The van der Waals surface area contributed by atoms with E-state index in [0.717, 1.165) is 5.56 Å². The van der Waals surface area contributed by atoms with Crippen LogP contribution in [0.3, 0.4) is 0 Å². The van der Waals surface area contributed by atoms with Crippen LogP contribution in [0.15, 0.2) is 29.2 Å². The molecule has 7 nitrogen and oxygen atoms in total. The zero-order chi connectivity index (χ0) is 18.4. The number of hydrogen-bond acceptors (Lipinski definition) is 7. The Hall–Kier alpha value is -1.48. The van der Waals surface area contributed by atoms with E-state index >= 15 is 0 Å². The van der Waals surface area contributed by atoms with Crippen LogP contribution < -0.4 is 11.5 Å². The maximum atomic E-state index is 12.9. The highest BCUT2D eigenvalue weighted by atomic mass is 35.5. The van der Waals surface area contributed by atoms with E-state index in [9.17, 15) is 18.0 Å². The predicted octanol–water partition coefficient (Wildman–Crippen LogP) is 0.861. The number of benzene rings is 1. The standard InChI is InChI=1S/C15H21ClN2O5S/c1-11-4-6-12(7-5-11)24(21,22)15(18,8-2-3-9-17)14(20)23-10-13(16)19/h4-7H,2-3,8-10,17-18H2,1H3. The highest BCUT2D eigenvalue weighted by Crippen LogP contribution is 2.28. The molecule has 24 heavy (non-hydrogen) atoms. The molecule has 0 bridgehead atoms. The largest absolute Gasteiger partial charge is 0.454 e. The second-order valence-electron chi connectivity index (χ2n) is 5.38. The second kappa shape index (κ2) is 8.57.